The Balaban J connectivity index is 2.01. The number of amides is 1. The molecule has 1 aliphatic carbocycles. The minimum atomic E-state index is -0.374. The van der Waals surface area contributed by atoms with E-state index in [4.69, 9.17) is 5.11 Å². The van der Waals surface area contributed by atoms with Crippen LogP contribution < -0.4 is 5.32 Å². The Morgan fingerprint density at radius 2 is 2.19 bits per heavy atom. The first kappa shape index (κ1) is 11.1. The van der Waals surface area contributed by atoms with Crippen LogP contribution in [0.3, 0.4) is 0 Å². The Morgan fingerprint density at radius 3 is 2.75 bits per heavy atom. The van der Waals surface area contributed by atoms with Crippen LogP contribution >= 0.6 is 0 Å². The Morgan fingerprint density at radius 1 is 1.50 bits per heavy atom. The van der Waals surface area contributed by atoms with Crippen molar-refractivity contribution in [3.63, 3.8) is 0 Å². The van der Waals surface area contributed by atoms with E-state index in [1.54, 1.807) is 19.1 Å². The molecule has 1 aromatic rings. The first-order valence-electron chi connectivity index (χ1n) is 5.31. The van der Waals surface area contributed by atoms with Crippen LogP contribution in [0.5, 0.6) is 0 Å². The lowest BCUT2D eigenvalue weighted by Gasteiger charge is -2.31. The average molecular weight is 223 g/mol. The van der Waals surface area contributed by atoms with Crippen LogP contribution in [0.4, 0.5) is 4.39 Å². The number of benzene rings is 1. The molecule has 0 atom stereocenters. The number of carbonyl (C=O) groups is 1. The van der Waals surface area contributed by atoms with E-state index in [1.807, 2.05) is 0 Å². The van der Waals surface area contributed by atoms with E-state index in [2.05, 4.69) is 5.32 Å². The molecule has 0 radical (unpaired) electrons. The molecule has 0 saturated heterocycles. The molecule has 0 aliphatic heterocycles. The maximum Gasteiger partial charge on any atom is 0.251 e. The largest absolute Gasteiger partial charge is 0.393 e. The molecular formula is C12H14FNO2. The molecule has 0 spiro atoms. The van der Waals surface area contributed by atoms with Crippen LogP contribution in [0.15, 0.2) is 18.2 Å². The van der Waals surface area contributed by atoms with Gasteiger partial charge in [0.2, 0.25) is 0 Å². The number of hydrogen-bond acceptors (Lipinski definition) is 2. The second-order valence-electron chi connectivity index (χ2n) is 4.26. The lowest BCUT2D eigenvalue weighted by Crippen LogP contribution is -2.46. The minimum Gasteiger partial charge on any atom is -0.393 e. The second kappa shape index (κ2) is 4.22. The molecule has 1 aliphatic rings. The van der Waals surface area contributed by atoms with Gasteiger partial charge in [0.25, 0.3) is 5.91 Å². The lowest BCUT2D eigenvalue weighted by molar-refractivity contribution is 0.0562. The number of carbonyl (C=O) groups excluding carboxylic acids is 1. The predicted molar refractivity (Wildman–Crippen MR) is 57.6 cm³/mol. The third kappa shape index (κ3) is 2.22. The normalized spacial score (nSPS) is 23.7. The van der Waals surface area contributed by atoms with Gasteiger partial charge in [0.1, 0.15) is 5.82 Å². The Kier molecular flexibility index (Phi) is 2.92. The summed E-state index contributed by atoms with van der Waals surface area (Å²) < 4.78 is 13.2. The van der Waals surface area contributed by atoms with Crippen molar-refractivity contribution in [2.24, 2.45) is 0 Å². The molecular weight excluding hydrogens is 209 g/mol. The van der Waals surface area contributed by atoms with Crippen LogP contribution in [-0.4, -0.2) is 23.2 Å². The van der Waals surface area contributed by atoms with Gasteiger partial charge in [-0.3, -0.25) is 4.79 Å². The lowest BCUT2D eigenvalue weighted by atomic mass is 9.89. The van der Waals surface area contributed by atoms with E-state index in [0.717, 1.165) is 0 Å². The molecule has 1 aromatic carbocycles. The van der Waals surface area contributed by atoms with Crippen LogP contribution in [0.25, 0.3) is 0 Å². The Bertz CT molecular complexity index is 413. The third-order valence-corrected chi connectivity index (χ3v) is 2.88. The molecule has 1 amide bonds. The monoisotopic (exact) mass is 223 g/mol. The summed E-state index contributed by atoms with van der Waals surface area (Å²) in [4.78, 5) is 11.7. The van der Waals surface area contributed by atoms with Crippen molar-refractivity contribution in [1.29, 1.82) is 0 Å². The van der Waals surface area contributed by atoms with Gasteiger partial charge < -0.3 is 10.4 Å². The van der Waals surface area contributed by atoms with E-state index >= 15 is 0 Å². The fraction of sp³-hybridized carbons (Fsp3) is 0.417. The summed E-state index contributed by atoms with van der Waals surface area (Å²) >= 11 is 0. The number of aliphatic hydroxyl groups is 1. The highest BCUT2D eigenvalue weighted by Gasteiger charge is 2.28. The SMILES string of the molecule is Cc1ccc(C(=O)NC2CC(O)C2)cc1F. The van der Waals surface area contributed by atoms with Gasteiger partial charge in [0.05, 0.1) is 6.10 Å². The quantitative estimate of drug-likeness (QED) is 0.796. The van der Waals surface area contributed by atoms with Crippen molar-refractivity contribution in [1.82, 2.24) is 5.32 Å². The van der Waals surface area contributed by atoms with Crippen molar-refractivity contribution in [2.45, 2.75) is 31.9 Å². The second-order valence-corrected chi connectivity index (χ2v) is 4.26. The molecule has 86 valence electrons. The molecule has 0 heterocycles. The van der Waals surface area contributed by atoms with Crippen molar-refractivity contribution in [2.75, 3.05) is 0 Å². The molecule has 4 heteroatoms. The number of halogens is 1. The molecule has 0 bridgehead atoms. The van der Waals surface area contributed by atoms with Crippen LogP contribution in [0.1, 0.15) is 28.8 Å². The van der Waals surface area contributed by atoms with Gasteiger partial charge in [-0.05, 0) is 37.5 Å². The summed E-state index contributed by atoms with van der Waals surface area (Å²) in [6, 6.07) is 4.44. The Labute approximate surface area is 93.3 Å². The highest BCUT2D eigenvalue weighted by molar-refractivity contribution is 5.94. The van der Waals surface area contributed by atoms with Gasteiger partial charge in [-0.1, -0.05) is 6.07 Å². The molecule has 3 nitrogen and oxygen atoms in total. The molecule has 1 fully saturated rings. The average Bonchev–Trinajstić information content (AvgIpc) is 2.19. The summed E-state index contributed by atoms with van der Waals surface area (Å²) in [6.45, 7) is 1.65. The fourth-order valence-electron chi connectivity index (χ4n) is 1.71. The summed E-state index contributed by atoms with van der Waals surface area (Å²) in [7, 11) is 0. The zero-order valence-electron chi connectivity index (χ0n) is 9.03. The number of nitrogens with one attached hydrogen (secondary N) is 1. The minimum absolute atomic E-state index is 0.0202. The summed E-state index contributed by atoms with van der Waals surface area (Å²) in [6.07, 6.45) is 0.861. The smallest absolute Gasteiger partial charge is 0.251 e. The zero-order chi connectivity index (χ0) is 11.7. The van der Waals surface area contributed by atoms with Gasteiger partial charge in [0, 0.05) is 11.6 Å². The highest BCUT2D eigenvalue weighted by Crippen LogP contribution is 2.20. The van der Waals surface area contributed by atoms with Crippen LogP contribution in [-0.2, 0) is 0 Å². The summed E-state index contributed by atoms with van der Waals surface area (Å²) in [5, 5.41) is 11.8. The number of aryl methyl sites for hydroxylation is 1. The maximum atomic E-state index is 13.2. The van der Waals surface area contributed by atoms with Crippen LogP contribution in [0, 0.1) is 12.7 Å². The van der Waals surface area contributed by atoms with Gasteiger partial charge in [0.15, 0.2) is 0 Å². The third-order valence-electron chi connectivity index (χ3n) is 2.88. The molecule has 0 aromatic heterocycles. The molecule has 1 saturated carbocycles. The Hall–Kier alpha value is -1.42. The van der Waals surface area contributed by atoms with Crippen LogP contribution in [0.2, 0.25) is 0 Å². The first-order valence-corrected chi connectivity index (χ1v) is 5.31. The van der Waals surface area contributed by atoms with E-state index < -0.39 is 0 Å². The van der Waals surface area contributed by atoms with Gasteiger partial charge in [-0.2, -0.15) is 0 Å². The summed E-state index contributed by atoms with van der Waals surface area (Å²) in [5.74, 6) is -0.655. The van der Waals surface area contributed by atoms with Crippen molar-refractivity contribution < 1.29 is 14.3 Å². The van der Waals surface area contributed by atoms with E-state index in [9.17, 15) is 9.18 Å². The molecule has 2 rings (SSSR count). The van der Waals surface area contributed by atoms with Crippen molar-refractivity contribution in [3.05, 3.63) is 35.1 Å². The molecule has 0 unspecified atom stereocenters. The number of hydrogen-bond donors (Lipinski definition) is 2. The fourth-order valence-corrected chi connectivity index (χ4v) is 1.71. The molecule has 16 heavy (non-hydrogen) atoms. The van der Waals surface area contributed by atoms with Crippen molar-refractivity contribution >= 4 is 5.91 Å². The van der Waals surface area contributed by atoms with E-state index in [-0.39, 0.29) is 23.9 Å². The zero-order valence-corrected chi connectivity index (χ0v) is 9.03. The molecule has 2 N–H and O–H groups in total. The van der Waals surface area contributed by atoms with E-state index in [1.165, 1.54) is 6.07 Å². The first-order chi connectivity index (χ1) is 7.56. The van der Waals surface area contributed by atoms with Gasteiger partial charge >= 0.3 is 0 Å². The summed E-state index contributed by atoms with van der Waals surface area (Å²) in [5.41, 5.74) is 0.847. The topological polar surface area (TPSA) is 49.3 Å². The maximum absolute atomic E-state index is 13.2. The number of aliphatic hydroxyl groups excluding tert-OH is 1. The number of rotatable bonds is 2. The van der Waals surface area contributed by atoms with Gasteiger partial charge in [-0.25, -0.2) is 4.39 Å². The van der Waals surface area contributed by atoms with Crippen molar-refractivity contribution in [3.8, 4) is 0 Å². The van der Waals surface area contributed by atoms with Gasteiger partial charge in [-0.15, -0.1) is 0 Å². The standard InChI is InChI=1S/C12H14FNO2/c1-7-2-3-8(4-11(7)13)12(16)14-9-5-10(15)6-9/h2-4,9-10,15H,5-6H2,1H3,(H,14,16). The predicted octanol–water partition coefficient (Wildman–Crippen LogP) is 1.39. The highest BCUT2D eigenvalue weighted by atomic mass is 19.1. The van der Waals surface area contributed by atoms with E-state index in [0.29, 0.717) is 24.0 Å².